The highest BCUT2D eigenvalue weighted by atomic mass is 35.5. The van der Waals surface area contributed by atoms with E-state index in [4.69, 9.17) is 33.5 Å². The SMILES string of the molecule is Nc1nc(N2CCC3(CC2)Cc2ccc(OC4CCCC4)cc2C3N)cnc1Sc1ccnc(N)c1Cl. The van der Waals surface area contributed by atoms with Crippen molar-refractivity contribution in [2.45, 2.75) is 67.0 Å². The molecule has 0 bridgehead atoms. The molecule has 6 rings (SSSR count). The van der Waals surface area contributed by atoms with Gasteiger partial charge in [-0.05, 0) is 79.7 Å². The Morgan fingerprint density at radius 1 is 1.05 bits per heavy atom. The Hall–Kier alpha value is -2.75. The summed E-state index contributed by atoms with van der Waals surface area (Å²) in [5.74, 6) is 2.40. The third kappa shape index (κ3) is 4.69. The number of benzene rings is 1. The van der Waals surface area contributed by atoms with Crippen LogP contribution in [0.3, 0.4) is 0 Å². The molecule has 1 spiro atoms. The third-order valence-corrected chi connectivity index (χ3v) is 9.76. The van der Waals surface area contributed by atoms with Gasteiger partial charge in [0.05, 0.1) is 17.3 Å². The number of rotatable bonds is 5. The molecule has 1 saturated heterocycles. The summed E-state index contributed by atoms with van der Waals surface area (Å²) in [5.41, 5.74) is 21.7. The molecule has 1 atom stereocenters. The van der Waals surface area contributed by atoms with Crippen LogP contribution in [0, 0.1) is 5.41 Å². The van der Waals surface area contributed by atoms with Gasteiger partial charge in [-0.1, -0.05) is 29.4 Å². The van der Waals surface area contributed by atoms with E-state index >= 15 is 0 Å². The predicted octanol–water partition coefficient (Wildman–Crippen LogP) is 5.00. The van der Waals surface area contributed by atoms with Crippen molar-refractivity contribution in [1.82, 2.24) is 15.0 Å². The van der Waals surface area contributed by atoms with E-state index in [1.54, 1.807) is 18.5 Å². The number of hydrogen-bond acceptors (Lipinski definition) is 9. The lowest BCUT2D eigenvalue weighted by molar-refractivity contribution is 0.186. The lowest BCUT2D eigenvalue weighted by atomic mass is 9.73. The number of hydrogen-bond donors (Lipinski definition) is 3. The first kappa shape index (κ1) is 24.6. The second-order valence-electron chi connectivity index (χ2n) is 10.4. The van der Waals surface area contributed by atoms with Crippen molar-refractivity contribution in [3.63, 3.8) is 0 Å². The van der Waals surface area contributed by atoms with Gasteiger partial charge in [-0.15, -0.1) is 0 Å². The summed E-state index contributed by atoms with van der Waals surface area (Å²) < 4.78 is 6.26. The molecule has 8 nitrogen and oxygen atoms in total. The van der Waals surface area contributed by atoms with Gasteiger partial charge in [0.1, 0.15) is 22.4 Å². The average molecular weight is 538 g/mol. The van der Waals surface area contributed by atoms with Gasteiger partial charge in [-0.3, -0.25) is 0 Å². The highest BCUT2D eigenvalue weighted by Gasteiger charge is 2.46. The van der Waals surface area contributed by atoms with Gasteiger partial charge < -0.3 is 26.8 Å². The number of anilines is 3. The Morgan fingerprint density at radius 2 is 1.84 bits per heavy atom. The van der Waals surface area contributed by atoms with Gasteiger partial charge in [0, 0.05) is 30.2 Å². The minimum absolute atomic E-state index is 0.0178. The minimum Gasteiger partial charge on any atom is -0.490 e. The predicted molar refractivity (Wildman–Crippen MR) is 148 cm³/mol. The number of halogens is 1. The van der Waals surface area contributed by atoms with Crippen molar-refractivity contribution in [2.75, 3.05) is 29.5 Å². The van der Waals surface area contributed by atoms with Crippen molar-refractivity contribution in [1.29, 1.82) is 0 Å². The molecule has 1 aliphatic heterocycles. The maximum absolute atomic E-state index is 6.91. The summed E-state index contributed by atoms with van der Waals surface area (Å²) in [7, 11) is 0. The van der Waals surface area contributed by atoms with Crippen LogP contribution in [0.2, 0.25) is 5.02 Å². The van der Waals surface area contributed by atoms with Crippen LogP contribution in [0.15, 0.2) is 46.6 Å². The molecule has 37 heavy (non-hydrogen) atoms. The normalized spacial score (nSPS) is 20.9. The standard InChI is InChI=1S/C27H32ClN7OS/c28-22-20(7-10-32-24(22)30)37-26-25(31)34-21(15-33-26)35-11-8-27(9-12-35)14-16-5-6-18(13-19(16)23(27)29)36-17-3-1-2-4-17/h5-7,10,13,15,17,23H,1-4,8-9,11-12,14,29H2,(H2,30,32)(H2,31,34). The molecule has 3 aromatic rings. The van der Waals surface area contributed by atoms with E-state index in [-0.39, 0.29) is 17.3 Å². The van der Waals surface area contributed by atoms with Gasteiger partial charge in [0.15, 0.2) is 5.82 Å². The Kier molecular flexibility index (Phi) is 6.54. The smallest absolute Gasteiger partial charge is 0.158 e. The molecular formula is C27H32ClN7OS. The molecule has 1 aromatic carbocycles. The first-order valence-electron chi connectivity index (χ1n) is 12.9. The third-order valence-electron chi connectivity index (χ3n) is 8.18. The number of pyridine rings is 1. The molecule has 1 saturated carbocycles. The van der Waals surface area contributed by atoms with Crippen LogP contribution in [0.4, 0.5) is 17.5 Å². The van der Waals surface area contributed by atoms with Crippen molar-refractivity contribution in [3.05, 3.63) is 52.8 Å². The van der Waals surface area contributed by atoms with Crippen LogP contribution < -0.4 is 26.8 Å². The first-order valence-corrected chi connectivity index (χ1v) is 14.1. The zero-order valence-corrected chi connectivity index (χ0v) is 22.3. The minimum atomic E-state index is 0.0178. The van der Waals surface area contributed by atoms with E-state index in [1.165, 1.54) is 35.7 Å². The fraction of sp³-hybridized carbons (Fsp3) is 0.444. The van der Waals surface area contributed by atoms with Gasteiger partial charge in [-0.2, -0.15) is 0 Å². The molecule has 2 aliphatic carbocycles. The maximum Gasteiger partial charge on any atom is 0.158 e. The molecule has 0 radical (unpaired) electrons. The van der Waals surface area contributed by atoms with Crippen molar-refractivity contribution in [3.8, 4) is 5.75 Å². The summed E-state index contributed by atoms with van der Waals surface area (Å²) in [5, 5.41) is 0.985. The van der Waals surface area contributed by atoms with E-state index < -0.39 is 0 Å². The summed E-state index contributed by atoms with van der Waals surface area (Å²) >= 11 is 7.61. The van der Waals surface area contributed by atoms with Crippen molar-refractivity contribution < 1.29 is 4.74 Å². The fourth-order valence-electron chi connectivity index (χ4n) is 6.02. The van der Waals surface area contributed by atoms with Gasteiger partial charge in [0.2, 0.25) is 0 Å². The van der Waals surface area contributed by atoms with E-state index in [0.717, 1.165) is 61.7 Å². The molecule has 2 aromatic heterocycles. The van der Waals surface area contributed by atoms with E-state index in [0.29, 0.717) is 22.0 Å². The van der Waals surface area contributed by atoms with Crippen LogP contribution in [0.5, 0.6) is 5.75 Å². The average Bonchev–Trinajstić information content (AvgIpc) is 3.50. The zero-order valence-electron chi connectivity index (χ0n) is 20.7. The Labute approximate surface area is 226 Å². The topological polar surface area (TPSA) is 129 Å². The summed E-state index contributed by atoms with van der Waals surface area (Å²) in [6, 6.07) is 8.36. The molecule has 10 heteroatoms. The molecule has 3 heterocycles. The van der Waals surface area contributed by atoms with Crippen LogP contribution >= 0.6 is 23.4 Å². The number of fused-ring (bicyclic) bond motifs is 1. The first-order chi connectivity index (χ1) is 17.9. The van der Waals surface area contributed by atoms with Crippen LogP contribution in [0.1, 0.15) is 55.7 Å². The Bertz CT molecular complexity index is 1310. The highest BCUT2D eigenvalue weighted by molar-refractivity contribution is 7.99. The van der Waals surface area contributed by atoms with E-state index in [9.17, 15) is 0 Å². The Balaban J connectivity index is 1.12. The fourth-order valence-corrected chi connectivity index (χ4v) is 7.04. The number of ether oxygens (including phenoxy) is 1. The van der Waals surface area contributed by atoms with Crippen molar-refractivity contribution in [2.24, 2.45) is 11.1 Å². The molecule has 0 amide bonds. The van der Waals surface area contributed by atoms with Gasteiger partial charge >= 0.3 is 0 Å². The van der Waals surface area contributed by atoms with Gasteiger partial charge in [-0.25, -0.2) is 15.0 Å². The monoisotopic (exact) mass is 537 g/mol. The maximum atomic E-state index is 6.91. The quantitative estimate of drug-likeness (QED) is 0.411. The molecule has 6 N–H and O–H groups in total. The molecule has 3 aliphatic rings. The summed E-state index contributed by atoms with van der Waals surface area (Å²) in [6.45, 7) is 1.72. The number of aromatic nitrogens is 3. The second-order valence-corrected chi connectivity index (χ2v) is 11.8. The number of nitrogens with zero attached hydrogens (tertiary/aromatic N) is 4. The lowest BCUT2D eigenvalue weighted by Crippen LogP contribution is -2.44. The number of nitrogens with two attached hydrogens (primary N) is 3. The largest absolute Gasteiger partial charge is 0.490 e. The molecule has 194 valence electrons. The Morgan fingerprint density at radius 3 is 2.59 bits per heavy atom. The highest BCUT2D eigenvalue weighted by Crippen LogP contribution is 2.52. The van der Waals surface area contributed by atoms with E-state index in [2.05, 4.69) is 38.1 Å². The second kappa shape index (κ2) is 9.85. The van der Waals surface area contributed by atoms with Crippen molar-refractivity contribution >= 4 is 40.8 Å². The van der Waals surface area contributed by atoms with Crippen LogP contribution in [-0.2, 0) is 6.42 Å². The van der Waals surface area contributed by atoms with E-state index in [1.807, 2.05) is 0 Å². The molecular weight excluding hydrogens is 506 g/mol. The van der Waals surface area contributed by atoms with Crippen LogP contribution in [-0.4, -0.2) is 34.1 Å². The van der Waals surface area contributed by atoms with Crippen LogP contribution in [0.25, 0.3) is 0 Å². The summed E-state index contributed by atoms with van der Waals surface area (Å²) in [4.78, 5) is 16.2. The van der Waals surface area contributed by atoms with Gasteiger partial charge in [0.25, 0.3) is 0 Å². The molecule has 1 unspecified atom stereocenters. The number of nitrogen functional groups attached to an aromatic ring is 2. The molecule has 2 fully saturated rings. The summed E-state index contributed by atoms with van der Waals surface area (Å²) in [6.07, 6.45) is 11.6. The lowest BCUT2D eigenvalue weighted by Gasteiger charge is -2.42. The number of piperidine rings is 1. The zero-order chi connectivity index (χ0) is 25.6.